The van der Waals surface area contributed by atoms with E-state index in [-0.39, 0.29) is 24.3 Å². The first kappa shape index (κ1) is 22.4. The summed E-state index contributed by atoms with van der Waals surface area (Å²) < 4.78 is 10.9. The van der Waals surface area contributed by atoms with E-state index in [1.165, 1.54) is 11.8 Å². The Bertz CT molecular complexity index is 959. The van der Waals surface area contributed by atoms with Crippen LogP contribution in [0.5, 0.6) is 5.75 Å². The second-order valence-electron chi connectivity index (χ2n) is 7.75. The summed E-state index contributed by atoms with van der Waals surface area (Å²) in [5.41, 5.74) is 1.75. The molecule has 168 valence electrons. The number of carbonyl (C=O) groups excluding carboxylic acids is 2. The van der Waals surface area contributed by atoms with Gasteiger partial charge in [0.1, 0.15) is 11.0 Å². The van der Waals surface area contributed by atoms with Crippen LogP contribution in [-0.2, 0) is 20.9 Å². The maximum Gasteiger partial charge on any atom is 0.242 e. The van der Waals surface area contributed by atoms with Crippen molar-refractivity contribution in [2.45, 2.75) is 37.2 Å². The molecule has 0 aliphatic carbocycles. The van der Waals surface area contributed by atoms with Gasteiger partial charge in [0, 0.05) is 19.6 Å². The van der Waals surface area contributed by atoms with Crippen LogP contribution in [0.15, 0.2) is 59.6 Å². The molecule has 0 bridgehead atoms. The molecule has 7 nitrogen and oxygen atoms in total. The molecule has 2 aliphatic rings. The van der Waals surface area contributed by atoms with E-state index < -0.39 is 5.25 Å². The van der Waals surface area contributed by atoms with Gasteiger partial charge < -0.3 is 14.8 Å². The van der Waals surface area contributed by atoms with Gasteiger partial charge in [0.2, 0.25) is 11.8 Å². The van der Waals surface area contributed by atoms with Crippen molar-refractivity contribution < 1.29 is 19.1 Å². The van der Waals surface area contributed by atoms with Crippen molar-refractivity contribution in [1.29, 1.82) is 0 Å². The van der Waals surface area contributed by atoms with Gasteiger partial charge in [-0.25, -0.2) is 4.99 Å². The fourth-order valence-electron chi connectivity index (χ4n) is 3.68. The summed E-state index contributed by atoms with van der Waals surface area (Å²) in [4.78, 5) is 32.1. The normalized spacial score (nSPS) is 21.8. The predicted molar refractivity (Wildman–Crippen MR) is 125 cm³/mol. The van der Waals surface area contributed by atoms with Crippen LogP contribution in [0.3, 0.4) is 0 Å². The number of hydrogen-bond donors (Lipinski definition) is 1. The Hall–Kier alpha value is -2.84. The molecule has 0 spiro atoms. The number of ether oxygens (including phenoxy) is 2. The van der Waals surface area contributed by atoms with E-state index in [1.54, 1.807) is 12.0 Å². The first-order valence-electron chi connectivity index (χ1n) is 10.8. The average molecular weight is 454 g/mol. The SMILES string of the molecule is COc1ccc(CNC(=O)C[C@H]2SC(=Nc3ccccc3)N(C[C@@H]3CCCO3)C2=O)cc1. The quantitative estimate of drug-likeness (QED) is 0.662. The van der Waals surface area contributed by atoms with Crippen molar-refractivity contribution in [2.24, 2.45) is 4.99 Å². The molecular weight excluding hydrogens is 426 g/mol. The molecule has 8 heteroatoms. The summed E-state index contributed by atoms with van der Waals surface area (Å²) in [6.45, 7) is 1.60. The van der Waals surface area contributed by atoms with Crippen molar-refractivity contribution in [3.8, 4) is 5.75 Å². The van der Waals surface area contributed by atoms with Gasteiger partial charge in [0.05, 0.1) is 25.4 Å². The van der Waals surface area contributed by atoms with Gasteiger partial charge in [-0.3, -0.25) is 14.5 Å². The Morgan fingerprint density at radius 1 is 1.22 bits per heavy atom. The highest BCUT2D eigenvalue weighted by molar-refractivity contribution is 8.15. The molecule has 2 aromatic carbocycles. The average Bonchev–Trinajstić information content (AvgIpc) is 3.43. The van der Waals surface area contributed by atoms with Crippen LogP contribution in [0.1, 0.15) is 24.8 Å². The Morgan fingerprint density at radius 2 is 2.00 bits per heavy atom. The van der Waals surface area contributed by atoms with Crippen LogP contribution in [0.4, 0.5) is 5.69 Å². The molecule has 2 fully saturated rings. The minimum Gasteiger partial charge on any atom is -0.497 e. The molecule has 2 heterocycles. The van der Waals surface area contributed by atoms with E-state index in [4.69, 9.17) is 9.47 Å². The molecule has 0 saturated carbocycles. The van der Waals surface area contributed by atoms with Gasteiger partial charge in [-0.05, 0) is 42.7 Å². The molecule has 32 heavy (non-hydrogen) atoms. The maximum absolute atomic E-state index is 13.1. The Morgan fingerprint density at radius 3 is 2.69 bits per heavy atom. The first-order valence-corrected chi connectivity index (χ1v) is 11.6. The summed E-state index contributed by atoms with van der Waals surface area (Å²) in [5.74, 6) is 0.522. The zero-order valence-electron chi connectivity index (χ0n) is 18.0. The molecule has 0 unspecified atom stereocenters. The van der Waals surface area contributed by atoms with E-state index in [1.807, 2.05) is 54.6 Å². The van der Waals surface area contributed by atoms with Crippen molar-refractivity contribution in [3.05, 3.63) is 60.2 Å². The molecule has 0 aromatic heterocycles. The Balaban J connectivity index is 1.40. The van der Waals surface area contributed by atoms with Gasteiger partial charge in [0.15, 0.2) is 5.17 Å². The lowest BCUT2D eigenvalue weighted by atomic mass is 10.2. The van der Waals surface area contributed by atoms with Crippen LogP contribution >= 0.6 is 11.8 Å². The monoisotopic (exact) mass is 453 g/mol. The molecule has 2 saturated heterocycles. The Labute approximate surface area is 192 Å². The lowest BCUT2D eigenvalue weighted by Gasteiger charge is -2.20. The molecule has 2 aromatic rings. The fraction of sp³-hybridized carbons (Fsp3) is 0.375. The highest BCUT2D eigenvalue weighted by Gasteiger charge is 2.40. The number of carbonyl (C=O) groups is 2. The molecule has 1 N–H and O–H groups in total. The summed E-state index contributed by atoms with van der Waals surface area (Å²) in [6.07, 6.45) is 2.06. The fourth-order valence-corrected chi connectivity index (χ4v) is 4.85. The van der Waals surface area contributed by atoms with Crippen molar-refractivity contribution >= 4 is 34.4 Å². The minimum atomic E-state index is -0.491. The van der Waals surface area contributed by atoms with Crippen molar-refractivity contribution in [2.75, 3.05) is 20.3 Å². The summed E-state index contributed by atoms with van der Waals surface area (Å²) in [7, 11) is 1.62. The predicted octanol–water partition coefficient (Wildman–Crippen LogP) is 3.51. The van der Waals surface area contributed by atoms with E-state index >= 15 is 0 Å². The molecule has 2 amide bonds. The number of para-hydroxylation sites is 1. The zero-order chi connectivity index (χ0) is 22.3. The number of amidine groups is 1. The molecule has 2 atom stereocenters. The number of aliphatic imine (C=N–C) groups is 1. The van der Waals surface area contributed by atoms with E-state index in [2.05, 4.69) is 10.3 Å². The van der Waals surface area contributed by atoms with Crippen LogP contribution < -0.4 is 10.1 Å². The van der Waals surface area contributed by atoms with Crippen molar-refractivity contribution in [1.82, 2.24) is 10.2 Å². The van der Waals surface area contributed by atoms with Gasteiger partial charge in [-0.1, -0.05) is 42.1 Å². The van der Waals surface area contributed by atoms with E-state index in [9.17, 15) is 9.59 Å². The topological polar surface area (TPSA) is 80.2 Å². The summed E-state index contributed by atoms with van der Waals surface area (Å²) in [6, 6.07) is 17.1. The van der Waals surface area contributed by atoms with Crippen LogP contribution in [0.25, 0.3) is 0 Å². The highest BCUT2D eigenvalue weighted by Crippen LogP contribution is 2.32. The highest BCUT2D eigenvalue weighted by atomic mass is 32.2. The van der Waals surface area contributed by atoms with Gasteiger partial charge in [-0.15, -0.1) is 0 Å². The van der Waals surface area contributed by atoms with E-state index in [0.717, 1.165) is 36.4 Å². The van der Waals surface area contributed by atoms with Gasteiger partial charge >= 0.3 is 0 Å². The largest absolute Gasteiger partial charge is 0.497 e. The molecular formula is C24H27N3O4S. The number of thioether (sulfide) groups is 1. The molecule has 2 aliphatic heterocycles. The molecule has 0 radical (unpaired) electrons. The smallest absolute Gasteiger partial charge is 0.242 e. The first-order chi connectivity index (χ1) is 15.6. The lowest BCUT2D eigenvalue weighted by molar-refractivity contribution is -0.130. The third-order valence-electron chi connectivity index (χ3n) is 5.43. The number of hydrogen-bond acceptors (Lipinski definition) is 6. The number of methoxy groups -OCH3 is 1. The summed E-state index contributed by atoms with van der Waals surface area (Å²) in [5, 5.41) is 3.05. The van der Waals surface area contributed by atoms with Gasteiger partial charge in [-0.2, -0.15) is 0 Å². The number of amides is 2. The number of rotatable bonds is 8. The third kappa shape index (κ3) is 5.69. The van der Waals surface area contributed by atoms with Crippen LogP contribution in [0, 0.1) is 0 Å². The zero-order valence-corrected chi connectivity index (χ0v) is 18.8. The Kier molecular flexibility index (Phi) is 7.44. The third-order valence-corrected chi connectivity index (χ3v) is 6.61. The summed E-state index contributed by atoms with van der Waals surface area (Å²) >= 11 is 1.35. The van der Waals surface area contributed by atoms with E-state index in [0.29, 0.717) is 18.3 Å². The van der Waals surface area contributed by atoms with Crippen LogP contribution in [0.2, 0.25) is 0 Å². The van der Waals surface area contributed by atoms with Gasteiger partial charge in [0.25, 0.3) is 0 Å². The lowest BCUT2D eigenvalue weighted by Crippen LogP contribution is -2.39. The molecule has 4 rings (SSSR count). The number of nitrogens with zero attached hydrogens (tertiary/aromatic N) is 2. The standard InChI is InChI=1S/C24H27N3O4S/c1-30-19-11-9-17(10-12-19)15-25-22(28)14-21-23(29)27(16-20-8-5-13-31-20)24(32-21)26-18-6-3-2-4-7-18/h2-4,6-7,9-12,20-21H,5,8,13-16H2,1H3,(H,25,28)/t20-,21+/m0/s1. The number of nitrogens with one attached hydrogen (secondary N) is 1. The minimum absolute atomic E-state index is 0.0168. The number of benzene rings is 2. The second-order valence-corrected chi connectivity index (χ2v) is 8.92. The van der Waals surface area contributed by atoms with Crippen molar-refractivity contribution in [3.63, 3.8) is 0 Å². The maximum atomic E-state index is 13.1. The van der Waals surface area contributed by atoms with Crippen LogP contribution in [-0.4, -0.2) is 53.5 Å². The second kappa shape index (κ2) is 10.7.